The van der Waals surface area contributed by atoms with Gasteiger partial charge < -0.3 is 0 Å². The zero-order valence-corrected chi connectivity index (χ0v) is 13.1. The molecule has 4 rings (SSSR count). The van der Waals surface area contributed by atoms with Crippen LogP contribution in [0.5, 0.6) is 0 Å². The minimum Gasteiger partial charge on any atom is -0.243 e. The molecule has 0 aliphatic carbocycles. The molecule has 0 aliphatic heterocycles. The van der Waals surface area contributed by atoms with E-state index in [0.717, 1.165) is 27.7 Å². The highest BCUT2D eigenvalue weighted by Gasteiger charge is 2.12. The van der Waals surface area contributed by atoms with Gasteiger partial charge in [-0.1, -0.05) is 59.7 Å². The maximum atomic E-state index is 4.97. The van der Waals surface area contributed by atoms with Crippen molar-refractivity contribution in [2.45, 2.75) is 13.8 Å². The first-order valence-electron chi connectivity index (χ1n) is 7.61. The van der Waals surface area contributed by atoms with Crippen LogP contribution < -0.4 is 0 Å². The number of aryl methyl sites for hydroxylation is 2. The quantitative estimate of drug-likeness (QED) is 0.512. The maximum Gasteiger partial charge on any atom is 0.143 e. The lowest BCUT2D eigenvalue weighted by atomic mass is 9.96. The van der Waals surface area contributed by atoms with Crippen molar-refractivity contribution < 1.29 is 4.63 Å². The van der Waals surface area contributed by atoms with Crippen molar-refractivity contribution >= 4 is 11.0 Å². The zero-order chi connectivity index (χ0) is 15.8. The highest BCUT2D eigenvalue weighted by Crippen LogP contribution is 2.33. The Labute approximate surface area is 134 Å². The summed E-state index contributed by atoms with van der Waals surface area (Å²) in [6, 6.07) is 21.0. The predicted molar refractivity (Wildman–Crippen MR) is 92.2 cm³/mol. The second-order valence-corrected chi connectivity index (χ2v) is 5.89. The molecule has 3 aromatic carbocycles. The van der Waals surface area contributed by atoms with Crippen molar-refractivity contribution in [1.29, 1.82) is 0 Å². The molecule has 0 amide bonds. The third-order valence-corrected chi connectivity index (χ3v) is 4.04. The summed E-state index contributed by atoms with van der Waals surface area (Å²) < 4.78 is 4.97. The molecule has 0 unspecified atom stereocenters. The Morgan fingerprint density at radius 3 is 2.13 bits per heavy atom. The van der Waals surface area contributed by atoms with E-state index in [0.29, 0.717) is 0 Å². The number of hydrogen-bond acceptors (Lipinski definition) is 3. The maximum absolute atomic E-state index is 4.97. The third kappa shape index (κ3) is 2.50. The molecule has 0 fully saturated rings. The zero-order valence-electron chi connectivity index (χ0n) is 13.1. The third-order valence-electron chi connectivity index (χ3n) is 4.04. The van der Waals surface area contributed by atoms with Gasteiger partial charge >= 0.3 is 0 Å². The first-order chi connectivity index (χ1) is 11.2. The molecule has 0 saturated carbocycles. The summed E-state index contributed by atoms with van der Waals surface area (Å²) in [7, 11) is 0. The molecule has 0 N–H and O–H groups in total. The molecule has 23 heavy (non-hydrogen) atoms. The van der Waals surface area contributed by atoms with Gasteiger partial charge in [0.05, 0.1) is 0 Å². The fourth-order valence-electron chi connectivity index (χ4n) is 2.91. The lowest BCUT2D eigenvalue weighted by Crippen LogP contribution is -1.86. The van der Waals surface area contributed by atoms with Crippen LogP contribution in [0.2, 0.25) is 0 Å². The Kier molecular flexibility index (Phi) is 3.19. The standard InChI is InChI=1S/C20H16N2O/c1-13-5-3-7-15(9-13)17-11-18(16-8-4-6-14(2)10-16)20-19(12-17)21-23-22-20/h3-12H,1-2H3. The number of benzene rings is 3. The van der Waals surface area contributed by atoms with Gasteiger partial charge in [-0.05, 0) is 53.0 Å². The summed E-state index contributed by atoms with van der Waals surface area (Å²) in [6.45, 7) is 4.19. The molecule has 0 aliphatic rings. The summed E-state index contributed by atoms with van der Waals surface area (Å²) in [5.41, 5.74) is 8.49. The van der Waals surface area contributed by atoms with E-state index in [1.165, 1.54) is 16.7 Å². The van der Waals surface area contributed by atoms with Crippen LogP contribution in [0.4, 0.5) is 0 Å². The first kappa shape index (κ1) is 13.7. The van der Waals surface area contributed by atoms with Crippen LogP contribution in [0.3, 0.4) is 0 Å². The Morgan fingerprint density at radius 1 is 0.696 bits per heavy atom. The number of fused-ring (bicyclic) bond motifs is 1. The van der Waals surface area contributed by atoms with E-state index in [1.54, 1.807) is 0 Å². The van der Waals surface area contributed by atoms with Gasteiger partial charge in [0.2, 0.25) is 0 Å². The molecule has 0 radical (unpaired) electrons. The van der Waals surface area contributed by atoms with Crippen molar-refractivity contribution in [2.24, 2.45) is 0 Å². The molecular weight excluding hydrogens is 284 g/mol. The topological polar surface area (TPSA) is 38.9 Å². The van der Waals surface area contributed by atoms with E-state index in [9.17, 15) is 0 Å². The number of hydrogen-bond donors (Lipinski definition) is 0. The monoisotopic (exact) mass is 300 g/mol. The Morgan fingerprint density at radius 2 is 1.39 bits per heavy atom. The van der Waals surface area contributed by atoms with Gasteiger partial charge in [0.25, 0.3) is 0 Å². The summed E-state index contributed by atoms with van der Waals surface area (Å²) in [6.07, 6.45) is 0. The van der Waals surface area contributed by atoms with E-state index >= 15 is 0 Å². The SMILES string of the molecule is Cc1cccc(-c2cc(-c3cccc(C)c3)c3nonc3c2)c1. The van der Waals surface area contributed by atoms with E-state index < -0.39 is 0 Å². The Hall–Kier alpha value is -2.94. The van der Waals surface area contributed by atoms with Crippen LogP contribution in [0.15, 0.2) is 65.3 Å². The molecule has 1 heterocycles. The van der Waals surface area contributed by atoms with Crippen molar-refractivity contribution in [1.82, 2.24) is 10.3 Å². The van der Waals surface area contributed by atoms with Gasteiger partial charge in [0.15, 0.2) is 0 Å². The molecule has 0 saturated heterocycles. The van der Waals surface area contributed by atoms with Crippen LogP contribution >= 0.6 is 0 Å². The van der Waals surface area contributed by atoms with Gasteiger partial charge in [0.1, 0.15) is 11.0 Å². The van der Waals surface area contributed by atoms with Gasteiger partial charge in [0, 0.05) is 5.56 Å². The summed E-state index contributed by atoms with van der Waals surface area (Å²) in [4.78, 5) is 0. The van der Waals surface area contributed by atoms with Crippen LogP contribution in [-0.2, 0) is 0 Å². The van der Waals surface area contributed by atoms with Crippen molar-refractivity contribution in [2.75, 3.05) is 0 Å². The van der Waals surface area contributed by atoms with Crippen LogP contribution in [0.1, 0.15) is 11.1 Å². The van der Waals surface area contributed by atoms with Gasteiger partial charge in [-0.3, -0.25) is 0 Å². The van der Waals surface area contributed by atoms with E-state index in [4.69, 9.17) is 4.63 Å². The lowest BCUT2D eigenvalue weighted by molar-refractivity contribution is 0.315. The molecular formula is C20H16N2O. The summed E-state index contributed by atoms with van der Waals surface area (Å²) in [5, 5.41) is 8.14. The van der Waals surface area contributed by atoms with E-state index in [2.05, 4.69) is 78.8 Å². The molecule has 112 valence electrons. The second kappa shape index (κ2) is 5.36. The summed E-state index contributed by atoms with van der Waals surface area (Å²) in [5.74, 6) is 0. The fourth-order valence-corrected chi connectivity index (χ4v) is 2.91. The lowest BCUT2D eigenvalue weighted by Gasteiger charge is -2.08. The first-order valence-corrected chi connectivity index (χ1v) is 7.61. The Bertz CT molecular complexity index is 1000. The highest BCUT2D eigenvalue weighted by atomic mass is 16.6. The van der Waals surface area contributed by atoms with Crippen LogP contribution in [0, 0.1) is 13.8 Å². The molecule has 4 aromatic rings. The van der Waals surface area contributed by atoms with Crippen molar-refractivity contribution in [3.05, 3.63) is 71.8 Å². The molecule has 0 spiro atoms. The molecule has 3 heteroatoms. The van der Waals surface area contributed by atoms with E-state index in [1.807, 2.05) is 6.07 Å². The van der Waals surface area contributed by atoms with E-state index in [-0.39, 0.29) is 0 Å². The van der Waals surface area contributed by atoms with Crippen molar-refractivity contribution in [3.63, 3.8) is 0 Å². The Balaban J connectivity index is 1.98. The molecule has 3 nitrogen and oxygen atoms in total. The van der Waals surface area contributed by atoms with Crippen molar-refractivity contribution in [3.8, 4) is 22.3 Å². The molecule has 0 atom stereocenters. The van der Waals surface area contributed by atoms with Gasteiger partial charge in [-0.25, -0.2) is 4.63 Å². The highest BCUT2D eigenvalue weighted by molar-refractivity contribution is 5.95. The second-order valence-electron chi connectivity index (χ2n) is 5.89. The average Bonchev–Trinajstić information content (AvgIpc) is 3.02. The largest absolute Gasteiger partial charge is 0.243 e. The van der Waals surface area contributed by atoms with Gasteiger partial charge in [-0.2, -0.15) is 0 Å². The normalized spacial score (nSPS) is 11.0. The molecule has 1 aromatic heterocycles. The van der Waals surface area contributed by atoms with Crippen LogP contribution in [0.25, 0.3) is 33.3 Å². The minimum absolute atomic E-state index is 0.778. The number of rotatable bonds is 2. The predicted octanol–water partition coefficient (Wildman–Crippen LogP) is 5.17. The number of aromatic nitrogens is 2. The molecule has 0 bridgehead atoms. The minimum atomic E-state index is 0.778. The van der Waals surface area contributed by atoms with Crippen LogP contribution in [-0.4, -0.2) is 10.3 Å². The number of nitrogens with zero attached hydrogens (tertiary/aromatic N) is 2. The smallest absolute Gasteiger partial charge is 0.143 e. The fraction of sp³-hybridized carbons (Fsp3) is 0.100. The van der Waals surface area contributed by atoms with Gasteiger partial charge in [-0.15, -0.1) is 0 Å². The average molecular weight is 300 g/mol. The summed E-state index contributed by atoms with van der Waals surface area (Å²) >= 11 is 0.